The van der Waals surface area contributed by atoms with Crippen molar-refractivity contribution in [1.82, 2.24) is 10.2 Å². The molecule has 2 unspecified atom stereocenters. The van der Waals surface area contributed by atoms with Crippen molar-refractivity contribution >= 4 is 17.8 Å². The Balaban J connectivity index is 1.74. The second-order valence-electron chi connectivity index (χ2n) is 9.58. The van der Waals surface area contributed by atoms with E-state index < -0.39 is 23.6 Å². The van der Waals surface area contributed by atoms with E-state index in [-0.39, 0.29) is 24.7 Å². The Bertz CT molecular complexity index is 1010. The molecule has 0 radical (unpaired) electrons. The topological polar surface area (TPSA) is 95.9 Å². The van der Waals surface area contributed by atoms with Gasteiger partial charge in [-0.1, -0.05) is 51.1 Å². The first kappa shape index (κ1) is 24.3. The highest BCUT2D eigenvalue weighted by Crippen LogP contribution is 2.29. The van der Waals surface area contributed by atoms with Gasteiger partial charge in [-0.25, -0.2) is 4.79 Å². The number of carboxylic acid groups (broad SMARTS) is 1. The van der Waals surface area contributed by atoms with E-state index in [0.717, 1.165) is 11.1 Å². The molecule has 2 N–H and O–H groups in total. The first-order valence-corrected chi connectivity index (χ1v) is 11.2. The van der Waals surface area contributed by atoms with Crippen LogP contribution in [0.2, 0.25) is 0 Å². The summed E-state index contributed by atoms with van der Waals surface area (Å²) in [7, 11) is 0. The van der Waals surface area contributed by atoms with Crippen LogP contribution in [-0.2, 0) is 11.4 Å². The Labute approximate surface area is 194 Å². The van der Waals surface area contributed by atoms with Crippen LogP contribution < -0.4 is 10.1 Å². The molecule has 0 spiro atoms. The molecule has 1 aliphatic heterocycles. The molecule has 1 saturated heterocycles. The van der Waals surface area contributed by atoms with Crippen LogP contribution in [0, 0.1) is 12.3 Å². The Kier molecular flexibility index (Phi) is 7.41. The molecule has 0 saturated carbocycles. The molecule has 176 valence electrons. The molecule has 33 heavy (non-hydrogen) atoms. The molecule has 0 aromatic heterocycles. The summed E-state index contributed by atoms with van der Waals surface area (Å²) in [5.41, 5.74) is 1.97. The summed E-state index contributed by atoms with van der Waals surface area (Å²) in [6, 6.07) is 14.1. The summed E-state index contributed by atoms with van der Waals surface area (Å²) >= 11 is 0. The maximum atomic E-state index is 13.4. The van der Waals surface area contributed by atoms with Gasteiger partial charge >= 0.3 is 6.09 Å². The van der Waals surface area contributed by atoms with E-state index in [9.17, 15) is 19.5 Å². The van der Waals surface area contributed by atoms with Gasteiger partial charge in [-0.15, -0.1) is 0 Å². The van der Waals surface area contributed by atoms with E-state index >= 15 is 0 Å². The van der Waals surface area contributed by atoms with Crippen LogP contribution >= 0.6 is 0 Å². The molecule has 0 aliphatic carbocycles. The van der Waals surface area contributed by atoms with Crippen LogP contribution in [0.15, 0.2) is 48.5 Å². The second-order valence-corrected chi connectivity index (χ2v) is 9.58. The fourth-order valence-corrected chi connectivity index (χ4v) is 4.04. The molecule has 2 aromatic carbocycles. The van der Waals surface area contributed by atoms with Gasteiger partial charge in [-0.2, -0.15) is 0 Å². The number of nitrogens with zero attached hydrogens (tertiary/aromatic N) is 1. The van der Waals surface area contributed by atoms with E-state index in [1.165, 1.54) is 4.90 Å². The van der Waals surface area contributed by atoms with E-state index in [4.69, 9.17) is 4.74 Å². The first-order valence-electron chi connectivity index (χ1n) is 11.2. The maximum Gasteiger partial charge on any atom is 0.404 e. The number of rotatable bonds is 8. The summed E-state index contributed by atoms with van der Waals surface area (Å²) in [5.74, 6) is 0.414. The number of amides is 2. The lowest BCUT2D eigenvalue weighted by molar-refractivity contribution is -0.129. The summed E-state index contributed by atoms with van der Waals surface area (Å²) in [5, 5.41) is 11.7. The van der Waals surface area contributed by atoms with E-state index in [2.05, 4.69) is 5.32 Å². The minimum absolute atomic E-state index is 0.129. The SMILES string of the molecule is Cc1cc(OCc2ccccc2)ccc1C(=O)C1CCC(=O)N1CC(NC(=O)O)C(C)(C)C. The minimum atomic E-state index is -1.15. The van der Waals surface area contributed by atoms with Crippen molar-refractivity contribution in [2.45, 2.75) is 59.2 Å². The monoisotopic (exact) mass is 452 g/mol. The molecular formula is C26H32N2O5. The number of carbonyl (C=O) groups is 3. The lowest BCUT2D eigenvalue weighted by Crippen LogP contribution is -2.53. The van der Waals surface area contributed by atoms with Crippen molar-refractivity contribution in [3.63, 3.8) is 0 Å². The average molecular weight is 453 g/mol. The number of hydrogen-bond acceptors (Lipinski definition) is 4. The number of ether oxygens (including phenoxy) is 1. The van der Waals surface area contributed by atoms with E-state index in [0.29, 0.717) is 24.3 Å². The third-order valence-corrected chi connectivity index (χ3v) is 6.06. The molecule has 2 atom stereocenters. The van der Waals surface area contributed by atoms with Crippen LogP contribution in [0.4, 0.5) is 4.79 Å². The number of ketones is 1. The third-order valence-electron chi connectivity index (χ3n) is 6.06. The standard InChI is InChI=1S/C26H32N2O5/c1-17-14-19(33-16-18-8-6-5-7-9-18)10-11-20(17)24(30)21-12-13-23(29)28(21)15-22(26(2,3)4)27-25(31)32/h5-11,14,21-22,27H,12-13,15-16H2,1-4H3,(H,31,32). The second kappa shape index (κ2) is 10.1. The van der Waals surface area contributed by atoms with Crippen molar-refractivity contribution < 1.29 is 24.2 Å². The molecule has 1 heterocycles. The van der Waals surface area contributed by atoms with Gasteiger partial charge in [0.1, 0.15) is 12.4 Å². The highest BCUT2D eigenvalue weighted by molar-refractivity contribution is 6.04. The number of carbonyl (C=O) groups excluding carboxylic acids is 2. The van der Waals surface area contributed by atoms with E-state index in [1.54, 1.807) is 12.1 Å². The highest BCUT2D eigenvalue weighted by Gasteiger charge is 2.40. The first-order chi connectivity index (χ1) is 15.6. The summed E-state index contributed by atoms with van der Waals surface area (Å²) in [6.07, 6.45) is -0.448. The normalized spacial score (nSPS) is 17.0. The number of aryl methyl sites for hydroxylation is 1. The van der Waals surface area contributed by atoms with Gasteiger partial charge in [0.15, 0.2) is 5.78 Å². The van der Waals surface area contributed by atoms with Crippen molar-refractivity contribution in [1.29, 1.82) is 0 Å². The van der Waals surface area contributed by atoms with Crippen LogP contribution in [0.25, 0.3) is 0 Å². The predicted octanol–water partition coefficient (Wildman–Crippen LogP) is 4.43. The van der Waals surface area contributed by atoms with Gasteiger partial charge in [0.05, 0.1) is 12.1 Å². The van der Waals surface area contributed by atoms with Crippen LogP contribution in [-0.4, -0.2) is 46.4 Å². The van der Waals surface area contributed by atoms with Gasteiger partial charge in [-0.05, 0) is 48.1 Å². The average Bonchev–Trinajstić information content (AvgIpc) is 3.11. The van der Waals surface area contributed by atoms with Gasteiger partial charge in [0.2, 0.25) is 5.91 Å². The zero-order valence-electron chi connectivity index (χ0n) is 19.6. The molecule has 3 rings (SSSR count). The summed E-state index contributed by atoms with van der Waals surface area (Å²) < 4.78 is 5.86. The van der Waals surface area contributed by atoms with Crippen LogP contribution in [0.5, 0.6) is 5.75 Å². The van der Waals surface area contributed by atoms with Gasteiger partial charge in [0, 0.05) is 18.5 Å². The number of hydrogen-bond donors (Lipinski definition) is 2. The van der Waals surface area contributed by atoms with Crippen molar-refractivity contribution in [3.8, 4) is 5.75 Å². The minimum Gasteiger partial charge on any atom is -0.489 e. The molecule has 7 nitrogen and oxygen atoms in total. The predicted molar refractivity (Wildman–Crippen MR) is 125 cm³/mol. The fourth-order valence-electron chi connectivity index (χ4n) is 4.04. The van der Waals surface area contributed by atoms with Crippen molar-refractivity contribution in [2.75, 3.05) is 6.54 Å². The molecule has 7 heteroatoms. The zero-order valence-corrected chi connectivity index (χ0v) is 19.6. The van der Waals surface area contributed by atoms with Gasteiger partial charge in [-0.3, -0.25) is 9.59 Å². The van der Waals surface area contributed by atoms with Crippen LogP contribution in [0.1, 0.15) is 55.1 Å². The molecule has 2 aromatic rings. The summed E-state index contributed by atoms with van der Waals surface area (Å²) in [4.78, 5) is 38.8. The van der Waals surface area contributed by atoms with Crippen molar-refractivity contribution in [2.24, 2.45) is 5.41 Å². The smallest absolute Gasteiger partial charge is 0.404 e. The molecule has 1 aliphatic rings. The zero-order chi connectivity index (χ0) is 24.2. The Morgan fingerprint density at radius 1 is 1.18 bits per heavy atom. The fraction of sp³-hybridized carbons (Fsp3) is 0.423. The largest absolute Gasteiger partial charge is 0.489 e. The number of benzene rings is 2. The molecule has 1 fully saturated rings. The lowest BCUT2D eigenvalue weighted by Gasteiger charge is -2.35. The van der Waals surface area contributed by atoms with Crippen LogP contribution in [0.3, 0.4) is 0 Å². The highest BCUT2D eigenvalue weighted by atomic mass is 16.5. The Morgan fingerprint density at radius 2 is 1.88 bits per heavy atom. The Hall–Kier alpha value is -3.35. The summed E-state index contributed by atoms with van der Waals surface area (Å²) in [6.45, 7) is 8.16. The third kappa shape index (κ3) is 6.12. The van der Waals surface area contributed by atoms with Gasteiger partial charge < -0.3 is 20.1 Å². The lowest BCUT2D eigenvalue weighted by atomic mass is 9.86. The molecule has 2 amide bonds. The number of nitrogens with one attached hydrogen (secondary N) is 1. The van der Waals surface area contributed by atoms with E-state index in [1.807, 2.05) is 64.1 Å². The number of likely N-dealkylation sites (tertiary alicyclic amines) is 1. The van der Waals surface area contributed by atoms with Crippen molar-refractivity contribution in [3.05, 3.63) is 65.2 Å². The quantitative estimate of drug-likeness (QED) is 0.578. The molecule has 0 bridgehead atoms. The molecular weight excluding hydrogens is 420 g/mol. The Morgan fingerprint density at radius 3 is 2.48 bits per heavy atom. The number of Topliss-reactive ketones (excluding diaryl/α,β-unsaturated/α-hetero) is 1. The maximum absolute atomic E-state index is 13.4. The van der Waals surface area contributed by atoms with Gasteiger partial charge in [0.25, 0.3) is 0 Å².